The summed E-state index contributed by atoms with van der Waals surface area (Å²) in [7, 11) is 3.25. The molecule has 2 saturated heterocycles. The van der Waals surface area contributed by atoms with E-state index in [4.69, 9.17) is 50.5 Å². The number of nitrogens with one attached hydrogen (secondary N) is 10. The predicted octanol–water partition coefficient (Wildman–Crippen LogP) is 2.18. The first-order valence-corrected chi connectivity index (χ1v) is 41.5. The standard InChI is InChI=1S/C85H108ClN11O25/c1-35(2)19-51(89-8)77(109)96-67-69(103)42-12-15-55(36(3)20-42)118-57-28-46-29-58(73(57)122-84-74(72(106)71(105)59(34-98)120-84)121-61-33-85(6,87)75(107)37(4)117-61)119-56-16-13-43(27-50(56)86)70(104)68-83(115)95-66(81(113)92-63-44-22-39-21-40(24-44)25-45(63)23-39)49-30-47(99)31-54(101)62(49)48-26-41(11-14-53(48)100)64(79(111)97-68)94-80(112)65(46)93-78(110)52(90-82(67)114)32-60(102)91-76(108)38(5)116-18-10-9-17-88-7/h11-16,20,26-31,35,37-40,44-45,51-52,59,61,63-72,74-75,84,88-89,98-101,103-107H,9-10,17-19,21-25,32-34,87H2,1-8H3,(H,90,114)(H,92,113)(H,93,110)(H,94,112)(H,95,115)(H,96,109)(H,97,111)(H,91,102,108)/t37-,38?,39?,40?,44?,45?,51+,52-,59+,61-,63?,64+,65+,66-,67+,68-,69+,70+,71+,72-,74+,75+,84-,85-/m0/s1. The first-order chi connectivity index (χ1) is 58.0. The summed E-state index contributed by atoms with van der Waals surface area (Å²) in [5.41, 5.74) is 3.34. The summed E-state index contributed by atoms with van der Waals surface area (Å²) >= 11 is 7.29. The van der Waals surface area contributed by atoms with Gasteiger partial charge in [-0.25, -0.2) is 0 Å². The molecule has 6 fully saturated rings. The van der Waals surface area contributed by atoms with Crippen LogP contribution in [-0.2, 0) is 62.1 Å². The number of amides is 9. The highest BCUT2D eigenvalue weighted by molar-refractivity contribution is 6.32. The van der Waals surface area contributed by atoms with E-state index in [2.05, 4.69) is 53.2 Å². The van der Waals surface area contributed by atoms with Gasteiger partial charge in [-0.1, -0.05) is 43.6 Å². The van der Waals surface area contributed by atoms with Gasteiger partial charge in [0.15, 0.2) is 23.9 Å². The van der Waals surface area contributed by atoms with E-state index in [9.17, 15) is 60.3 Å². The SMILES string of the molecule is CNCCCCOC(C)C(=O)NC(=O)C[C@@H]1NC(=O)[C@H](NC(=O)[C@@H](CC(C)C)NC)[C@H](O)c2ccc(c(C)c2)Oc2cc3cc(c2O[C@@H]2O[C@H](CO)[C@@H](O)[C@H](O)[C@H]2O[C@H]2C[C@](C)(N)[C@H](O)[C@H](C)O2)Oc2ccc(cc2Cl)[C@@H](O)[C@@H]2NC(=O)[C@H](NC(=O)[C@@H]3NC1=O)c1ccc(O)c(c1)-c1c(O)cc(O)cc1[C@@H](C(=O)NC1C3CC4CC(C3)CC1C4)NC2=O. The summed E-state index contributed by atoms with van der Waals surface area (Å²) < 4.78 is 45.0. The van der Waals surface area contributed by atoms with Gasteiger partial charge in [-0.05, 0) is 217 Å². The van der Waals surface area contributed by atoms with Gasteiger partial charge in [0.1, 0.15) is 102 Å². The average molecular weight is 1720 g/mol. The molecule has 0 aromatic heterocycles. The number of phenols is 3. The zero-order valence-corrected chi connectivity index (χ0v) is 69.3. The molecule has 11 aliphatic rings. The number of phenolic OH excluding ortho intramolecular Hbond substituents is 3. The molecule has 660 valence electrons. The number of rotatable bonds is 21. The third-order valence-corrected chi connectivity index (χ3v) is 24.7. The maximum atomic E-state index is 16.6. The number of carbonyl (C=O) groups is 9. The highest BCUT2D eigenvalue weighted by Gasteiger charge is 2.53. The van der Waals surface area contributed by atoms with Gasteiger partial charge in [-0.2, -0.15) is 0 Å². The Morgan fingerprint density at radius 1 is 0.680 bits per heavy atom. The third kappa shape index (κ3) is 19.5. The van der Waals surface area contributed by atoms with Crippen molar-refractivity contribution in [1.29, 1.82) is 0 Å². The second kappa shape index (κ2) is 37.7. The van der Waals surface area contributed by atoms with Gasteiger partial charge in [0.05, 0.1) is 36.3 Å². The Kier molecular flexibility index (Phi) is 27.7. The van der Waals surface area contributed by atoms with E-state index in [1.807, 2.05) is 13.8 Å². The first kappa shape index (κ1) is 89.8. The van der Waals surface area contributed by atoms with E-state index < -0.39 is 227 Å². The Morgan fingerprint density at radius 2 is 1.33 bits per heavy atom. The fourth-order valence-corrected chi connectivity index (χ4v) is 18.3. The molecule has 36 nitrogen and oxygen atoms in total. The number of unbranched alkanes of at least 4 members (excludes halogenated alkanes) is 1. The molecule has 21 N–H and O–H groups in total. The summed E-state index contributed by atoms with van der Waals surface area (Å²) in [4.78, 5) is 138. The highest BCUT2D eigenvalue weighted by atomic mass is 35.5. The van der Waals surface area contributed by atoms with E-state index in [0.717, 1.165) is 80.6 Å². The van der Waals surface area contributed by atoms with Crippen molar-refractivity contribution < 1.29 is 122 Å². The Hall–Kier alpha value is -9.90. The van der Waals surface area contributed by atoms with Crippen molar-refractivity contribution in [1.82, 2.24) is 53.2 Å². The quantitative estimate of drug-likeness (QED) is 0.0468. The summed E-state index contributed by atoms with van der Waals surface area (Å²) in [6.45, 7) is 9.34. The maximum absolute atomic E-state index is 16.6. The number of halogens is 1. The van der Waals surface area contributed by atoms with Crippen LogP contribution in [0.1, 0.15) is 163 Å². The third-order valence-electron chi connectivity index (χ3n) is 24.4. The summed E-state index contributed by atoms with van der Waals surface area (Å²) in [6.07, 6.45) is -14.3. The van der Waals surface area contributed by atoms with Crippen LogP contribution in [0.2, 0.25) is 5.02 Å². The molecule has 37 heteroatoms. The van der Waals surface area contributed by atoms with E-state index in [0.29, 0.717) is 31.2 Å². The van der Waals surface area contributed by atoms with Crippen molar-refractivity contribution >= 4 is 64.8 Å². The Bertz CT molecular complexity index is 4760. The van der Waals surface area contributed by atoms with Gasteiger partial charge in [-0.15, -0.1) is 0 Å². The lowest BCUT2D eigenvalue weighted by atomic mass is 9.54. The van der Waals surface area contributed by atoms with Gasteiger partial charge < -0.3 is 133 Å². The summed E-state index contributed by atoms with van der Waals surface area (Å²) in [6, 6.07) is 0.752. The molecule has 122 heavy (non-hydrogen) atoms. The number of carbonyl (C=O) groups excluding carboxylic acids is 9. The minimum absolute atomic E-state index is 0.0553. The lowest BCUT2D eigenvalue weighted by molar-refractivity contribution is -0.333. The molecule has 5 aromatic rings. The second-order valence-electron chi connectivity index (χ2n) is 33.9. The van der Waals surface area contributed by atoms with Crippen molar-refractivity contribution in [2.45, 2.75) is 227 Å². The molecule has 7 aliphatic heterocycles. The molecule has 19 atom stereocenters. The number of aromatic hydroxyl groups is 3. The second-order valence-corrected chi connectivity index (χ2v) is 34.4. The minimum Gasteiger partial charge on any atom is -0.508 e. The Balaban J connectivity index is 1.01. The zero-order chi connectivity index (χ0) is 87.8. The molecule has 16 rings (SSSR count). The Labute approximate surface area is 707 Å². The zero-order valence-electron chi connectivity index (χ0n) is 68.6. The van der Waals surface area contributed by atoms with Gasteiger partial charge in [0.25, 0.3) is 5.91 Å². The normalized spacial score (nSPS) is 31.1. The van der Waals surface area contributed by atoms with Crippen LogP contribution in [-0.4, -0.2) is 224 Å². The number of aliphatic hydroxyl groups is 6. The number of hydrogen-bond acceptors (Lipinski definition) is 28. The number of benzene rings is 5. The smallest absolute Gasteiger partial charge is 0.255 e. The van der Waals surface area contributed by atoms with Crippen LogP contribution in [0.4, 0.5) is 0 Å². The Morgan fingerprint density at radius 3 is 1.98 bits per heavy atom. The number of hydrogen-bond donors (Lipinski definition) is 20. The van der Waals surface area contributed by atoms with E-state index in [-0.39, 0.29) is 93.7 Å². The van der Waals surface area contributed by atoms with Crippen molar-refractivity contribution in [2.75, 3.05) is 33.9 Å². The molecule has 4 aliphatic carbocycles. The van der Waals surface area contributed by atoms with Crippen molar-refractivity contribution in [2.24, 2.45) is 35.3 Å². The van der Waals surface area contributed by atoms with Crippen LogP contribution >= 0.6 is 11.6 Å². The maximum Gasteiger partial charge on any atom is 0.255 e. The van der Waals surface area contributed by atoms with E-state index in [1.165, 1.54) is 65.1 Å². The molecule has 7 heterocycles. The number of imide groups is 1. The van der Waals surface area contributed by atoms with Crippen molar-refractivity contribution in [3.8, 4) is 57.1 Å². The molecule has 0 radical (unpaired) electrons. The van der Waals surface area contributed by atoms with Gasteiger partial charge in [0.2, 0.25) is 59.3 Å². The fraction of sp³-hybridized carbons (Fsp3) is 0.541. The molecule has 5 aromatic carbocycles. The number of ether oxygens (including phenoxy) is 7. The number of nitrogens with two attached hydrogens (primary N) is 1. The molecular formula is C85H108ClN11O25. The van der Waals surface area contributed by atoms with Crippen molar-refractivity contribution in [3.63, 3.8) is 0 Å². The number of fused-ring (bicyclic) bond motifs is 15. The summed E-state index contributed by atoms with van der Waals surface area (Å²) in [5.74, 6) is -13.9. The van der Waals surface area contributed by atoms with Crippen LogP contribution in [0.3, 0.4) is 0 Å². The van der Waals surface area contributed by atoms with E-state index in [1.54, 1.807) is 7.05 Å². The lowest BCUT2D eigenvalue weighted by Gasteiger charge is -2.54. The number of likely N-dealkylation sites (N-methyl/N-ethyl adjacent to an activating group) is 1. The average Bonchev–Trinajstić information content (AvgIpc) is 0.741. The minimum atomic E-state index is -2.38. The monoisotopic (exact) mass is 1720 g/mol. The number of aliphatic hydroxyl groups excluding tert-OH is 6. The number of aryl methyl sites for hydroxylation is 1. The predicted molar refractivity (Wildman–Crippen MR) is 433 cm³/mol. The molecule has 4 saturated carbocycles. The van der Waals surface area contributed by atoms with Gasteiger partial charge >= 0.3 is 0 Å². The van der Waals surface area contributed by atoms with Gasteiger partial charge in [0, 0.05) is 41.8 Å². The van der Waals surface area contributed by atoms with Crippen LogP contribution in [0.15, 0.2) is 78.9 Å². The molecule has 1 unspecified atom stereocenters. The summed E-state index contributed by atoms with van der Waals surface area (Å²) in [5, 5.41) is 133. The fourth-order valence-electron chi connectivity index (χ4n) is 18.1. The van der Waals surface area contributed by atoms with Crippen LogP contribution in [0.5, 0.6) is 46.0 Å². The van der Waals surface area contributed by atoms with Crippen LogP contribution in [0.25, 0.3) is 11.1 Å². The van der Waals surface area contributed by atoms with E-state index >= 15 is 28.8 Å². The largest absolute Gasteiger partial charge is 0.508 e. The molecule has 0 spiro atoms. The van der Waals surface area contributed by atoms with Crippen LogP contribution < -0.4 is 73.1 Å². The molecule has 9 amide bonds. The molecule has 15 bridgehead atoms. The lowest BCUT2D eigenvalue weighted by Crippen LogP contribution is -2.64. The molecular weight excluding hydrogens is 1610 g/mol. The van der Waals surface area contributed by atoms with Crippen molar-refractivity contribution in [3.05, 3.63) is 117 Å². The highest BCUT2D eigenvalue weighted by Crippen LogP contribution is 2.55. The first-order valence-electron chi connectivity index (χ1n) is 41.2. The van der Waals surface area contributed by atoms with Gasteiger partial charge in [-0.3, -0.25) is 48.5 Å². The van der Waals surface area contributed by atoms with Crippen LogP contribution in [0, 0.1) is 36.5 Å². The topological polar surface area (TPSA) is 547 Å².